The third-order valence-corrected chi connectivity index (χ3v) is 4.78. The molecule has 0 spiro atoms. The van der Waals surface area contributed by atoms with Crippen LogP contribution >= 0.6 is 24.6 Å². The number of thioether (sulfide) groups is 1. The van der Waals surface area contributed by atoms with Gasteiger partial charge in [0.25, 0.3) is 0 Å². The van der Waals surface area contributed by atoms with Crippen LogP contribution in [0.15, 0.2) is 29.2 Å². The van der Waals surface area contributed by atoms with Crippen molar-refractivity contribution in [3.8, 4) is 0 Å². The number of rotatable bonds is 2. The summed E-state index contributed by atoms with van der Waals surface area (Å²) in [7, 11) is 0. The lowest BCUT2D eigenvalue weighted by Crippen LogP contribution is -2.05. The van der Waals surface area contributed by atoms with E-state index in [-0.39, 0.29) is 18.2 Å². The lowest BCUT2D eigenvalue weighted by atomic mass is 10.4. The molecule has 10 heavy (non-hydrogen) atoms. The summed E-state index contributed by atoms with van der Waals surface area (Å²) in [6, 6.07) is 8.75. The minimum atomic E-state index is -0.129. The van der Waals surface area contributed by atoms with Gasteiger partial charge < -0.3 is 0 Å². The zero-order valence-corrected chi connectivity index (χ0v) is 9.62. The van der Waals surface area contributed by atoms with Gasteiger partial charge in [-0.25, -0.2) is 0 Å². The van der Waals surface area contributed by atoms with Crippen LogP contribution < -0.4 is 3.69 Å². The molecule has 0 aliphatic carbocycles. The molecule has 0 bridgehead atoms. The molecule has 0 N–H and O–H groups in total. The van der Waals surface area contributed by atoms with E-state index in [2.05, 4.69) is 43.4 Å². The Bertz CT molecular complexity index is 174. The number of hydrogen-bond acceptors (Lipinski definition) is 1. The topological polar surface area (TPSA) is 0 Å². The fraction of sp³-hybridized carbons (Fsp3) is 0.143. The summed E-state index contributed by atoms with van der Waals surface area (Å²) in [5.74, 6) is 0. The Morgan fingerprint density at radius 2 is 1.90 bits per heavy atom. The van der Waals surface area contributed by atoms with Gasteiger partial charge in [-0.1, -0.05) is 24.3 Å². The number of halogens is 1. The van der Waals surface area contributed by atoms with Crippen molar-refractivity contribution < 1.29 is 0 Å². The van der Waals surface area contributed by atoms with Crippen LogP contribution in [0.3, 0.4) is 0 Å². The van der Waals surface area contributed by atoms with Gasteiger partial charge in [0.05, 0.1) is 0 Å². The van der Waals surface area contributed by atoms with Crippen LogP contribution in [0.1, 0.15) is 0 Å². The van der Waals surface area contributed by atoms with E-state index in [4.69, 9.17) is 0 Å². The van der Waals surface area contributed by atoms with Gasteiger partial charge in [0, 0.05) is 4.90 Å². The summed E-state index contributed by atoms with van der Waals surface area (Å²) < 4.78 is 1.47. The largest absolute Gasteiger partial charge is 0.506 e. The molecule has 0 saturated heterocycles. The molecule has 0 atom stereocenters. The molecule has 0 unspecified atom stereocenters. The molecule has 1 aromatic carbocycles. The summed E-state index contributed by atoms with van der Waals surface area (Å²) in [6.45, 7) is 0. The van der Waals surface area contributed by atoms with E-state index in [1.807, 2.05) is 0 Å². The van der Waals surface area contributed by atoms with E-state index in [0.717, 1.165) is 0 Å². The summed E-state index contributed by atoms with van der Waals surface area (Å²) in [4.78, 5) is 1.35. The second-order valence-corrected chi connectivity index (χ2v) is 5.63. The molecule has 0 aromatic heterocycles. The smallest absolute Gasteiger partial charge is 0.296 e. The van der Waals surface area contributed by atoms with Crippen molar-refractivity contribution in [3.05, 3.63) is 24.3 Å². The Hall–Kier alpha value is 0.816. The highest BCUT2D eigenvalue weighted by Crippen LogP contribution is 2.11. The van der Waals surface area contributed by atoms with E-state index < -0.39 is 0 Å². The lowest BCUT2D eigenvalue weighted by molar-refractivity contribution is 1.49. The van der Waals surface area contributed by atoms with E-state index in [1.54, 1.807) is 11.8 Å². The first-order chi connectivity index (χ1) is 4.86. The van der Waals surface area contributed by atoms with E-state index in [1.165, 1.54) is 8.59 Å². The van der Waals surface area contributed by atoms with Crippen LogP contribution in [-0.4, -0.2) is 24.4 Å². The van der Waals surface area contributed by atoms with Crippen LogP contribution in [0.25, 0.3) is 0 Å². The van der Waals surface area contributed by atoms with Crippen molar-refractivity contribution in [1.82, 2.24) is 0 Å². The molecule has 0 radical (unpaired) electrons. The number of hydrogen-bond donors (Lipinski definition) is 0. The predicted molar refractivity (Wildman–Crippen MR) is 52.5 cm³/mol. The van der Waals surface area contributed by atoms with Gasteiger partial charge in [-0.2, -0.15) is 3.69 Å². The molecular weight excluding hydrogens is 220 g/mol. The highest BCUT2D eigenvalue weighted by molar-refractivity contribution is 9.23. The summed E-state index contributed by atoms with van der Waals surface area (Å²) >= 11 is 5.20. The summed E-state index contributed by atoms with van der Waals surface area (Å²) in [5, 5.41) is 0. The third-order valence-electron chi connectivity index (χ3n) is 1.31. The minimum Gasteiger partial charge on any atom is -0.296 e. The van der Waals surface area contributed by atoms with Gasteiger partial charge in [0.15, 0.2) is 0 Å². The van der Waals surface area contributed by atoms with Gasteiger partial charge in [-0.15, -0.1) is 11.8 Å². The van der Waals surface area contributed by atoms with Crippen molar-refractivity contribution in [3.63, 3.8) is 0 Å². The Kier molecular flexibility index (Phi) is 4.14. The maximum absolute atomic E-state index is 3.54. The molecule has 0 saturated carbocycles. The second kappa shape index (κ2) is 4.65. The summed E-state index contributed by atoms with van der Waals surface area (Å²) in [6.07, 6.45) is 2.10. The van der Waals surface area contributed by atoms with Crippen LogP contribution in [-0.2, 0) is 0 Å². The van der Waals surface area contributed by atoms with Gasteiger partial charge in [0.1, 0.15) is 0 Å². The molecule has 0 aliphatic rings. The second-order valence-electron chi connectivity index (χ2n) is 1.98. The molecule has 0 fully saturated rings. The highest BCUT2D eigenvalue weighted by atomic mass is 79.9. The van der Waals surface area contributed by atoms with Crippen molar-refractivity contribution in [2.24, 2.45) is 0 Å². The average molecular weight is 227 g/mol. The highest BCUT2D eigenvalue weighted by Gasteiger charge is 1.93. The van der Waals surface area contributed by atoms with Gasteiger partial charge in [0.2, 0.25) is 0 Å². The molecule has 0 amide bonds. The molecule has 0 heterocycles. The van der Waals surface area contributed by atoms with E-state index in [0.29, 0.717) is 0 Å². The fourth-order valence-electron chi connectivity index (χ4n) is 0.715. The monoisotopic (exact) mass is 226 g/mol. The quantitative estimate of drug-likeness (QED) is 0.550. The maximum Gasteiger partial charge on any atom is 0.506 e. The van der Waals surface area contributed by atoms with Crippen molar-refractivity contribution in [1.29, 1.82) is 0 Å². The maximum atomic E-state index is 3.54. The molecule has 50 valence electrons. The van der Waals surface area contributed by atoms with Gasteiger partial charge in [-0.05, 0) is 6.26 Å². The van der Waals surface area contributed by atoms with Crippen LogP contribution in [0, 0.1) is 0 Å². The molecule has 3 heteroatoms. The molecule has 1 rings (SSSR count). The molecule has 0 nitrogen and oxygen atoms in total. The Balaban J connectivity index is 2.80. The molecule has 0 aliphatic heterocycles. The van der Waals surface area contributed by atoms with Crippen LogP contribution in [0.5, 0.6) is 0 Å². The van der Waals surface area contributed by atoms with Gasteiger partial charge >= 0.3 is 18.2 Å². The van der Waals surface area contributed by atoms with Crippen molar-refractivity contribution in [2.45, 2.75) is 4.90 Å². The lowest BCUT2D eigenvalue weighted by Gasteiger charge is -1.96. The van der Waals surface area contributed by atoms with Crippen LogP contribution in [0.2, 0.25) is 0 Å². The Morgan fingerprint density at radius 1 is 1.30 bits per heavy atom. The first-order valence-corrected chi connectivity index (χ1v) is 8.89. The zero-order chi connectivity index (χ0) is 7.40. The Labute approximate surface area is 81.4 Å². The van der Waals surface area contributed by atoms with Gasteiger partial charge in [-0.3, -0.25) is 12.9 Å². The zero-order valence-electron chi connectivity index (χ0n) is 5.80. The van der Waals surface area contributed by atoms with Crippen molar-refractivity contribution >= 4 is 46.5 Å². The van der Waals surface area contributed by atoms with E-state index in [9.17, 15) is 0 Å². The Morgan fingerprint density at radius 3 is 2.30 bits per heavy atom. The molecular formula is C7H7BrMgS. The first-order valence-electron chi connectivity index (χ1n) is 3.05. The normalized spacial score (nSPS) is 9.00. The molecule has 1 aromatic rings. The predicted octanol–water partition coefficient (Wildman–Crippen LogP) is 2.05. The average Bonchev–Trinajstić information content (AvgIpc) is 2.05. The summed E-state index contributed by atoms with van der Waals surface area (Å²) in [5.41, 5.74) is 0. The minimum absolute atomic E-state index is 0.129. The SMILES string of the molecule is CSc1cc[c]([Mg][Br])cc1. The number of benzene rings is 1. The van der Waals surface area contributed by atoms with Crippen LogP contribution in [0.4, 0.5) is 0 Å². The first kappa shape index (κ1) is 8.91. The fourth-order valence-corrected chi connectivity index (χ4v) is 2.66. The van der Waals surface area contributed by atoms with Crippen molar-refractivity contribution in [2.75, 3.05) is 6.26 Å². The van der Waals surface area contributed by atoms with E-state index >= 15 is 0 Å². The third kappa shape index (κ3) is 2.45. The standard InChI is InChI=1S/C7H7S.BrH.Mg/c1-8-7-5-3-2-4-6-7;;/h3-6H,1H3;1H;/q;;+1/p-1.